The minimum Gasteiger partial charge on any atom is -0.228 e. The van der Waals surface area contributed by atoms with E-state index in [4.69, 9.17) is 9.97 Å². The van der Waals surface area contributed by atoms with Gasteiger partial charge in [-0.1, -0.05) is 208 Å². The molecule has 278 valence electrons. The van der Waals surface area contributed by atoms with Crippen molar-refractivity contribution in [2.45, 2.75) is 19.3 Å². The highest BCUT2D eigenvalue weighted by molar-refractivity contribution is 6.07. The fourth-order valence-corrected chi connectivity index (χ4v) is 9.33. The van der Waals surface area contributed by atoms with Crippen LogP contribution in [-0.4, -0.2) is 9.97 Å². The van der Waals surface area contributed by atoms with Crippen molar-refractivity contribution in [3.8, 4) is 78.4 Å². The lowest BCUT2D eigenvalue weighted by Crippen LogP contribution is -2.14. The molecule has 0 fully saturated rings. The van der Waals surface area contributed by atoms with Gasteiger partial charge in [0.05, 0.1) is 11.4 Å². The van der Waals surface area contributed by atoms with E-state index in [1.54, 1.807) is 0 Å². The molecule has 0 unspecified atom stereocenters. The molecule has 0 saturated heterocycles. The normalized spacial score (nSPS) is 12.7. The Labute approximate surface area is 345 Å². The van der Waals surface area contributed by atoms with E-state index in [0.29, 0.717) is 5.82 Å². The van der Waals surface area contributed by atoms with Crippen LogP contribution in [0.1, 0.15) is 25.0 Å². The van der Waals surface area contributed by atoms with Crippen LogP contribution in [0.4, 0.5) is 0 Å². The first kappa shape index (κ1) is 34.8. The van der Waals surface area contributed by atoms with Crippen LogP contribution in [0.25, 0.3) is 100.0 Å². The van der Waals surface area contributed by atoms with Crippen LogP contribution in [0.15, 0.2) is 206 Å². The van der Waals surface area contributed by atoms with Gasteiger partial charge in [-0.2, -0.15) is 0 Å². The van der Waals surface area contributed by atoms with Crippen molar-refractivity contribution in [2.24, 2.45) is 0 Å². The molecule has 1 heterocycles. The van der Waals surface area contributed by atoms with E-state index in [2.05, 4.69) is 202 Å². The van der Waals surface area contributed by atoms with E-state index in [1.165, 1.54) is 66.2 Å². The van der Waals surface area contributed by atoms with Crippen LogP contribution >= 0.6 is 0 Å². The molecule has 0 aliphatic heterocycles. The number of aromatic nitrogens is 2. The lowest BCUT2D eigenvalue weighted by Gasteiger charge is -2.21. The van der Waals surface area contributed by atoms with Gasteiger partial charge < -0.3 is 0 Å². The maximum absolute atomic E-state index is 5.24. The highest BCUT2D eigenvalue weighted by Crippen LogP contribution is 2.54. The Morgan fingerprint density at radius 1 is 0.322 bits per heavy atom. The molecular weight excluding hydrogens is 713 g/mol. The topological polar surface area (TPSA) is 25.8 Å². The van der Waals surface area contributed by atoms with Crippen LogP contribution in [0.5, 0.6) is 0 Å². The average Bonchev–Trinajstić information content (AvgIpc) is 3.55. The van der Waals surface area contributed by atoms with Crippen molar-refractivity contribution in [3.05, 3.63) is 217 Å². The van der Waals surface area contributed by atoms with Crippen molar-refractivity contribution < 1.29 is 0 Å². The second-order valence-corrected chi connectivity index (χ2v) is 16.1. The summed E-state index contributed by atoms with van der Waals surface area (Å²) in [5.74, 6) is 0.707. The summed E-state index contributed by atoms with van der Waals surface area (Å²) in [7, 11) is 0. The van der Waals surface area contributed by atoms with E-state index in [9.17, 15) is 0 Å². The van der Waals surface area contributed by atoms with E-state index >= 15 is 0 Å². The van der Waals surface area contributed by atoms with Gasteiger partial charge in [0.25, 0.3) is 0 Å². The number of fused-ring (bicyclic) bond motifs is 6. The quantitative estimate of drug-likeness (QED) is 0.169. The molecule has 0 saturated carbocycles. The monoisotopic (exact) mass is 752 g/mol. The lowest BCUT2D eigenvalue weighted by atomic mass is 9.81. The molecule has 1 aliphatic rings. The second-order valence-electron chi connectivity index (χ2n) is 16.1. The van der Waals surface area contributed by atoms with Gasteiger partial charge >= 0.3 is 0 Å². The van der Waals surface area contributed by atoms with E-state index in [1.807, 2.05) is 18.2 Å². The Kier molecular flexibility index (Phi) is 8.20. The van der Waals surface area contributed by atoms with Crippen LogP contribution in [0, 0.1) is 0 Å². The minimum absolute atomic E-state index is 0.0796. The molecule has 2 heteroatoms. The van der Waals surface area contributed by atoms with E-state index in [0.717, 1.165) is 39.0 Å². The van der Waals surface area contributed by atoms with Gasteiger partial charge in [-0.3, -0.25) is 0 Å². The molecule has 9 aromatic carbocycles. The first-order chi connectivity index (χ1) is 29.0. The Hall–Kier alpha value is -7.42. The molecule has 11 rings (SSSR count). The number of hydrogen-bond acceptors (Lipinski definition) is 2. The summed E-state index contributed by atoms with van der Waals surface area (Å²) in [6.45, 7) is 4.73. The molecule has 0 N–H and O–H groups in total. The van der Waals surface area contributed by atoms with E-state index in [-0.39, 0.29) is 5.41 Å². The van der Waals surface area contributed by atoms with Crippen molar-refractivity contribution >= 4 is 21.5 Å². The van der Waals surface area contributed by atoms with Crippen molar-refractivity contribution in [1.82, 2.24) is 9.97 Å². The number of nitrogens with zero attached hydrogens (tertiary/aromatic N) is 2. The molecule has 0 amide bonds. The highest BCUT2D eigenvalue weighted by Gasteiger charge is 2.37. The minimum atomic E-state index is -0.0796. The van der Waals surface area contributed by atoms with Gasteiger partial charge in [-0.15, -0.1) is 0 Å². The predicted octanol–water partition coefficient (Wildman–Crippen LogP) is 15.1. The van der Waals surface area contributed by atoms with Crippen LogP contribution in [-0.2, 0) is 5.41 Å². The largest absolute Gasteiger partial charge is 0.228 e. The Bertz CT molecular complexity index is 3220. The summed E-state index contributed by atoms with van der Waals surface area (Å²) in [5.41, 5.74) is 17.6. The predicted molar refractivity (Wildman–Crippen MR) is 247 cm³/mol. The van der Waals surface area contributed by atoms with Gasteiger partial charge in [-0.05, 0) is 89.3 Å². The summed E-state index contributed by atoms with van der Waals surface area (Å²) >= 11 is 0. The Balaban J connectivity index is 1.01. The number of hydrogen-bond donors (Lipinski definition) is 0. The molecule has 1 aromatic heterocycles. The zero-order chi connectivity index (χ0) is 39.5. The van der Waals surface area contributed by atoms with Gasteiger partial charge in [0.15, 0.2) is 5.82 Å². The number of benzene rings is 9. The third kappa shape index (κ3) is 5.87. The molecule has 0 spiro atoms. The molecule has 59 heavy (non-hydrogen) atoms. The summed E-state index contributed by atoms with van der Waals surface area (Å²) in [4.78, 5) is 10.4. The van der Waals surface area contributed by atoms with Gasteiger partial charge in [0.2, 0.25) is 0 Å². The molecule has 0 bridgehead atoms. The fourth-order valence-electron chi connectivity index (χ4n) is 9.33. The van der Waals surface area contributed by atoms with Crippen LogP contribution in [0.3, 0.4) is 0 Å². The molecule has 2 nitrogen and oxygen atoms in total. The summed E-state index contributed by atoms with van der Waals surface area (Å²) < 4.78 is 0. The summed E-state index contributed by atoms with van der Waals surface area (Å²) in [6.07, 6.45) is 0. The number of rotatable bonds is 6. The zero-order valence-electron chi connectivity index (χ0n) is 33.0. The molecule has 0 atom stereocenters. The fraction of sp³-hybridized carbons (Fsp3) is 0.0526. The Morgan fingerprint density at radius 3 is 1.64 bits per heavy atom. The van der Waals surface area contributed by atoms with Crippen LogP contribution in [0.2, 0.25) is 0 Å². The third-order valence-electron chi connectivity index (χ3n) is 12.3. The SMILES string of the molecule is CC1(C)c2cccc(-c3ccc(-c4ccc(-c5cc(-c6cccc(-c7ccccc7)c6)nc(-c6ccccc6)n5)c5ccccc45)cc3)c2-c2c1ccc1ccccc21. The van der Waals surface area contributed by atoms with Crippen LogP contribution < -0.4 is 0 Å². The molecule has 1 aliphatic carbocycles. The summed E-state index contributed by atoms with van der Waals surface area (Å²) in [6, 6.07) is 74.3. The molecular formula is C57H40N2. The standard InChI is InChI=1S/C57H40N2/c1-57(2)50-26-14-25-46(54(50)55-45-22-10-9-17-38(45)31-34-51(55)57)40-29-27-39(28-30-40)44-32-33-49(48-24-12-11-23-47(44)48)53-36-52(58-56(59-53)41-18-7-4-8-19-41)43-21-13-20-42(35-43)37-15-5-3-6-16-37/h3-36H,1-2H3. The Morgan fingerprint density at radius 2 is 0.881 bits per heavy atom. The van der Waals surface area contributed by atoms with Gasteiger partial charge in [0.1, 0.15) is 0 Å². The first-order valence-corrected chi connectivity index (χ1v) is 20.4. The van der Waals surface area contributed by atoms with Crippen molar-refractivity contribution in [1.29, 1.82) is 0 Å². The third-order valence-corrected chi connectivity index (χ3v) is 12.3. The zero-order valence-corrected chi connectivity index (χ0v) is 33.0. The smallest absolute Gasteiger partial charge is 0.160 e. The van der Waals surface area contributed by atoms with Crippen molar-refractivity contribution in [3.63, 3.8) is 0 Å². The summed E-state index contributed by atoms with van der Waals surface area (Å²) in [5, 5.41) is 4.94. The average molecular weight is 753 g/mol. The van der Waals surface area contributed by atoms with Gasteiger partial charge in [-0.25, -0.2) is 9.97 Å². The first-order valence-electron chi connectivity index (χ1n) is 20.4. The molecule has 10 aromatic rings. The highest BCUT2D eigenvalue weighted by atomic mass is 14.9. The maximum Gasteiger partial charge on any atom is 0.160 e. The van der Waals surface area contributed by atoms with Gasteiger partial charge in [0, 0.05) is 22.1 Å². The van der Waals surface area contributed by atoms with E-state index < -0.39 is 0 Å². The maximum atomic E-state index is 5.24. The molecule has 0 radical (unpaired) electrons. The lowest BCUT2D eigenvalue weighted by molar-refractivity contribution is 0.661. The second kappa shape index (κ2) is 13.9. The van der Waals surface area contributed by atoms with Crippen molar-refractivity contribution in [2.75, 3.05) is 0 Å².